The molecule has 0 fully saturated rings. The Kier molecular flexibility index (Phi) is 8.67. The van der Waals surface area contributed by atoms with Gasteiger partial charge in [-0.2, -0.15) is 0 Å². The third-order valence-electron chi connectivity index (χ3n) is 4.84. The minimum absolute atomic E-state index is 0.00479. The normalized spacial score (nSPS) is 12.2. The lowest BCUT2D eigenvalue weighted by Gasteiger charge is -2.23. The van der Waals surface area contributed by atoms with E-state index in [4.69, 9.17) is 0 Å². The van der Waals surface area contributed by atoms with Crippen molar-refractivity contribution < 1.29 is 9.59 Å². The molecule has 1 atom stereocenters. The van der Waals surface area contributed by atoms with E-state index in [1.165, 1.54) is 16.9 Å². The van der Waals surface area contributed by atoms with Gasteiger partial charge in [-0.05, 0) is 41.6 Å². The molecule has 1 unspecified atom stereocenters. The number of carbonyl (C=O) groups excluding carboxylic acids is 2. The van der Waals surface area contributed by atoms with Gasteiger partial charge in [0.15, 0.2) is 0 Å². The van der Waals surface area contributed by atoms with Crippen molar-refractivity contribution in [2.45, 2.75) is 46.8 Å². The maximum absolute atomic E-state index is 12.8. The number of thiophene rings is 1. The Hall–Kier alpha value is -2.18. The summed E-state index contributed by atoms with van der Waals surface area (Å²) in [6.07, 6.45) is 0. The van der Waals surface area contributed by atoms with Crippen molar-refractivity contribution in [2.24, 2.45) is 5.92 Å². The molecule has 0 bridgehead atoms. The first-order chi connectivity index (χ1) is 13.5. The van der Waals surface area contributed by atoms with Crippen molar-refractivity contribution in [1.82, 2.24) is 15.5 Å². The van der Waals surface area contributed by atoms with E-state index in [1.54, 1.807) is 6.07 Å². The molecule has 0 aliphatic heterocycles. The Morgan fingerprint density at radius 3 is 2.29 bits per heavy atom. The van der Waals surface area contributed by atoms with Crippen LogP contribution in [0.4, 0.5) is 0 Å². The fourth-order valence-corrected chi connectivity index (χ4v) is 3.65. The van der Waals surface area contributed by atoms with E-state index >= 15 is 0 Å². The van der Waals surface area contributed by atoms with Gasteiger partial charge in [-0.1, -0.05) is 58.0 Å². The molecule has 0 aliphatic rings. The Morgan fingerprint density at radius 2 is 1.71 bits per heavy atom. The minimum atomic E-state index is -0.565. The molecule has 0 saturated heterocycles. The predicted molar refractivity (Wildman–Crippen MR) is 115 cm³/mol. The van der Waals surface area contributed by atoms with Gasteiger partial charge in [0.05, 0.1) is 4.88 Å². The first kappa shape index (κ1) is 22.1. The van der Waals surface area contributed by atoms with Gasteiger partial charge in [0.25, 0.3) is 5.91 Å². The molecule has 2 amide bonds. The van der Waals surface area contributed by atoms with Crippen LogP contribution in [-0.4, -0.2) is 35.8 Å². The summed E-state index contributed by atoms with van der Waals surface area (Å²) < 4.78 is 0. The zero-order chi connectivity index (χ0) is 20.5. The molecule has 1 heterocycles. The first-order valence-corrected chi connectivity index (χ1v) is 10.7. The second-order valence-corrected chi connectivity index (χ2v) is 8.07. The van der Waals surface area contributed by atoms with Crippen molar-refractivity contribution in [1.29, 1.82) is 0 Å². The van der Waals surface area contributed by atoms with Gasteiger partial charge in [-0.3, -0.25) is 14.5 Å². The van der Waals surface area contributed by atoms with Gasteiger partial charge in [0.1, 0.15) is 6.04 Å². The van der Waals surface area contributed by atoms with Crippen LogP contribution in [0.2, 0.25) is 0 Å². The van der Waals surface area contributed by atoms with Gasteiger partial charge in [0, 0.05) is 13.1 Å². The fourth-order valence-electron chi connectivity index (χ4n) is 3.02. The Bertz CT molecular complexity index is 755. The average Bonchev–Trinajstić information content (AvgIpc) is 3.23. The Balaban J connectivity index is 2.02. The van der Waals surface area contributed by atoms with Gasteiger partial charge in [-0.25, -0.2) is 0 Å². The van der Waals surface area contributed by atoms with E-state index in [0.29, 0.717) is 11.4 Å². The molecule has 2 rings (SSSR count). The first-order valence-electron chi connectivity index (χ1n) is 9.87. The molecule has 152 valence electrons. The molecular weight excluding hydrogens is 370 g/mol. The average molecular weight is 402 g/mol. The number of carbonyl (C=O) groups is 2. The van der Waals surface area contributed by atoms with Crippen LogP contribution >= 0.6 is 11.3 Å². The van der Waals surface area contributed by atoms with E-state index in [-0.39, 0.29) is 17.7 Å². The van der Waals surface area contributed by atoms with Crippen molar-refractivity contribution in [3.8, 4) is 0 Å². The molecule has 0 aliphatic carbocycles. The number of rotatable bonds is 10. The van der Waals surface area contributed by atoms with Crippen molar-refractivity contribution in [3.05, 3.63) is 57.8 Å². The standard InChI is InChI=1S/C22H31N3O2S/c1-5-25(6-2)15-18-11-8-7-10-17(18)14-23-22(27)20(16(3)4)24-21(26)19-12-9-13-28-19/h7-13,16,20H,5-6,14-15H2,1-4H3,(H,23,27)(H,24,26). The van der Waals surface area contributed by atoms with Crippen LogP contribution in [0.25, 0.3) is 0 Å². The zero-order valence-electron chi connectivity index (χ0n) is 17.2. The van der Waals surface area contributed by atoms with E-state index in [2.05, 4.69) is 35.4 Å². The van der Waals surface area contributed by atoms with E-state index in [1.807, 2.05) is 43.5 Å². The largest absolute Gasteiger partial charge is 0.350 e. The SMILES string of the molecule is CCN(CC)Cc1ccccc1CNC(=O)C(NC(=O)c1cccs1)C(C)C. The summed E-state index contributed by atoms with van der Waals surface area (Å²) in [6.45, 7) is 11.5. The zero-order valence-corrected chi connectivity index (χ0v) is 18.0. The van der Waals surface area contributed by atoms with E-state index < -0.39 is 6.04 Å². The Labute approximate surface area is 172 Å². The topological polar surface area (TPSA) is 61.4 Å². The van der Waals surface area contributed by atoms with Gasteiger partial charge >= 0.3 is 0 Å². The number of amides is 2. The van der Waals surface area contributed by atoms with E-state index in [9.17, 15) is 9.59 Å². The van der Waals surface area contributed by atoms with E-state index in [0.717, 1.165) is 25.2 Å². The third kappa shape index (κ3) is 6.17. The summed E-state index contributed by atoms with van der Waals surface area (Å²) in [7, 11) is 0. The Morgan fingerprint density at radius 1 is 1.04 bits per heavy atom. The monoisotopic (exact) mass is 401 g/mol. The molecule has 6 heteroatoms. The summed E-state index contributed by atoms with van der Waals surface area (Å²) in [5.74, 6) is -0.363. The van der Waals surface area contributed by atoms with Gasteiger partial charge in [-0.15, -0.1) is 11.3 Å². The molecule has 28 heavy (non-hydrogen) atoms. The highest BCUT2D eigenvalue weighted by Crippen LogP contribution is 2.13. The molecular formula is C22H31N3O2S. The summed E-state index contributed by atoms with van der Waals surface area (Å²) in [6, 6.07) is 11.2. The highest BCUT2D eigenvalue weighted by molar-refractivity contribution is 7.12. The van der Waals surface area contributed by atoms with Gasteiger partial charge in [0.2, 0.25) is 5.91 Å². The van der Waals surface area contributed by atoms with Crippen molar-refractivity contribution in [3.63, 3.8) is 0 Å². The number of benzene rings is 1. The quantitative estimate of drug-likeness (QED) is 0.639. The molecule has 0 saturated carbocycles. The highest BCUT2D eigenvalue weighted by atomic mass is 32.1. The van der Waals surface area contributed by atoms with Crippen LogP contribution in [0.3, 0.4) is 0 Å². The summed E-state index contributed by atoms with van der Waals surface area (Å²) in [5.41, 5.74) is 2.32. The maximum atomic E-state index is 12.8. The number of hydrogen-bond acceptors (Lipinski definition) is 4. The minimum Gasteiger partial charge on any atom is -0.350 e. The lowest BCUT2D eigenvalue weighted by molar-refractivity contribution is -0.124. The molecule has 1 aromatic carbocycles. The van der Waals surface area contributed by atoms with Crippen LogP contribution in [0.5, 0.6) is 0 Å². The molecule has 0 spiro atoms. The molecule has 0 radical (unpaired) electrons. The summed E-state index contributed by atoms with van der Waals surface area (Å²) >= 11 is 1.37. The lowest BCUT2D eigenvalue weighted by Crippen LogP contribution is -2.49. The van der Waals surface area contributed by atoms with Crippen LogP contribution in [0.15, 0.2) is 41.8 Å². The van der Waals surface area contributed by atoms with Crippen molar-refractivity contribution in [2.75, 3.05) is 13.1 Å². The second-order valence-electron chi connectivity index (χ2n) is 7.12. The highest BCUT2D eigenvalue weighted by Gasteiger charge is 2.25. The van der Waals surface area contributed by atoms with Crippen LogP contribution in [-0.2, 0) is 17.9 Å². The fraction of sp³-hybridized carbons (Fsp3) is 0.455. The summed E-state index contributed by atoms with van der Waals surface area (Å²) in [5, 5.41) is 7.74. The number of nitrogens with zero attached hydrogens (tertiary/aromatic N) is 1. The summed E-state index contributed by atoms with van der Waals surface area (Å²) in [4.78, 5) is 28.1. The van der Waals surface area contributed by atoms with Crippen molar-refractivity contribution >= 4 is 23.2 Å². The van der Waals surface area contributed by atoms with Crippen LogP contribution in [0, 0.1) is 5.92 Å². The number of nitrogens with one attached hydrogen (secondary N) is 2. The molecule has 5 nitrogen and oxygen atoms in total. The van der Waals surface area contributed by atoms with Crippen LogP contribution < -0.4 is 10.6 Å². The molecule has 2 N–H and O–H groups in total. The third-order valence-corrected chi connectivity index (χ3v) is 5.71. The smallest absolute Gasteiger partial charge is 0.262 e. The predicted octanol–water partition coefficient (Wildman–Crippen LogP) is 3.66. The van der Waals surface area contributed by atoms with Gasteiger partial charge < -0.3 is 10.6 Å². The lowest BCUT2D eigenvalue weighted by atomic mass is 10.0. The maximum Gasteiger partial charge on any atom is 0.262 e. The number of hydrogen-bond donors (Lipinski definition) is 2. The molecule has 1 aromatic heterocycles. The second kappa shape index (κ2) is 11.0. The van der Waals surface area contributed by atoms with Crippen LogP contribution in [0.1, 0.15) is 48.5 Å². The molecule has 2 aromatic rings.